The molecule has 182 valence electrons. The Morgan fingerprint density at radius 3 is 1.87 bits per heavy atom. The third-order valence-electron chi connectivity index (χ3n) is 6.63. The molecule has 0 aromatic carbocycles. The number of hydrogen-bond acceptors (Lipinski definition) is 1. The Hall–Kier alpha value is -0.560. The number of rotatable bonds is 5. The van der Waals surface area contributed by atoms with Gasteiger partial charge in [-0.2, -0.15) is 0 Å². The molecule has 2 fully saturated rings. The van der Waals surface area contributed by atoms with E-state index in [0.717, 1.165) is 24.8 Å². The maximum atomic E-state index is 4.46. The summed E-state index contributed by atoms with van der Waals surface area (Å²) in [4.78, 5) is 0. The van der Waals surface area contributed by atoms with Crippen molar-refractivity contribution in [3.05, 3.63) is 23.8 Å². The van der Waals surface area contributed by atoms with Crippen molar-refractivity contribution >= 4 is 0 Å². The first-order valence-corrected chi connectivity index (χ1v) is 13.5. The van der Waals surface area contributed by atoms with Crippen molar-refractivity contribution in [1.82, 2.24) is 5.32 Å². The highest BCUT2D eigenvalue weighted by atomic mass is 14.8. The molecule has 2 atom stereocenters. The minimum atomic E-state index is 0.663. The van der Waals surface area contributed by atoms with Crippen LogP contribution in [0.3, 0.4) is 0 Å². The van der Waals surface area contributed by atoms with Gasteiger partial charge in [0.15, 0.2) is 0 Å². The van der Waals surface area contributed by atoms with Crippen molar-refractivity contribution in [1.29, 1.82) is 0 Å². The van der Waals surface area contributed by atoms with Gasteiger partial charge in [0.2, 0.25) is 0 Å². The second-order valence-corrected chi connectivity index (χ2v) is 8.10. The van der Waals surface area contributed by atoms with Gasteiger partial charge in [0, 0.05) is 0 Å². The van der Waals surface area contributed by atoms with E-state index >= 15 is 0 Å². The fourth-order valence-corrected chi connectivity index (χ4v) is 4.93. The summed E-state index contributed by atoms with van der Waals surface area (Å²) < 4.78 is 0. The minimum Gasteiger partial charge on any atom is -0.320 e. The van der Waals surface area contributed by atoms with Crippen LogP contribution in [0, 0.1) is 17.3 Å². The van der Waals surface area contributed by atoms with Crippen molar-refractivity contribution in [3.8, 4) is 0 Å². The molecule has 1 nitrogen and oxygen atoms in total. The fourth-order valence-electron chi connectivity index (χ4n) is 4.93. The first-order valence-electron chi connectivity index (χ1n) is 13.5. The van der Waals surface area contributed by atoms with E-state index in [0.29, 0.717) is 5.41 Å². The van der Waals surface area contributed by atoms with Crippen LogP contribution in [-0.2, 0) is 0 Å². The standard InChI is InChI=1S/C19H32.C4H11N.3C2H6/c1-5-17(6-2)16(4)18-11-10-15(3)19(14-18)12-8-7-9-13-19;1-3-4-5-2;3*1-2/h5,15,18H,4,6-14H2,1-3H3;5H,3-4H2,1-2H3;3*1-2H3/b17-5-;;;;. The number of nitrogens with one attached hydrogen (secondary N) is 1. The normalized spacial score (nSPS) is 21.9. The largest absolute Gasteiger partial charge is 0.320 e. The Morgan fingerprint density at radius 2 is 1.50 bits per heavy atom. The molecule has 1 N–H and O–H groups in total. The first-order chi connectivity index (χ1) is 14.5. The van der Waals surface area contributed by atoms with Gasteiger partial charge in [-0.15, -0.1) is 0 Å². The van der Waals surface area contributed by atoms with Crippen LogP contribution in [0.2, 0.25) is 0 Å². The summed E-state index contributed by atoms with van der Waals surface area (Å²) in [6.45, 7) is 26.7. The predicted octanol–water partition coefficient (Wildman–Crippen LogP) is 9.98. The summed E-state index contributed by atoms with van der Waals surface area (Å²) >= 11 is 0. The van der Waals surface area contributed by atoms with Crippen molar-refractivity contribution < 1.29 is 0 Å². The quantitative estimate of drug-likeness (QED) is 0.434. The SMILES string of the molecule is C=C(/C(=C\C)CC)C1CCC(C)C2(CCCCC2)C1.CC.CC.CC.CCCNC. The lowest BCUT2D eigenvalue weighted by Crippen LogP contribution is -2.38. The van der Waals surface area contributed by atoms with Crippen molar-refractivity contribution in [3.63, 3.8) is 0 Å². The molecule has 2 unspecified atom stereocenters. The Bertz CT molecular complexity index is 385. The van der Waals surface area contributed by atoms with Gasteiger partial charge >= 0.3 is 0 Å². The lowest BCUT2D eigenvalue weighted by molar-refractivity contribution is 0.0386. The third-order valence-corrected chi connectivity index (χ3v) is 6.63. The maximum absolute atomic E-state index is 4.46. The van der Waals surface area contributed by atoms with E-state index in [1.54, 1.807) is 0 Å². The number of hydrogen-bond donors (Lipinski definition) is 1. The molecule has 1 spiro atoms. The molecule has 0 saturated heterocycles. The topological polar surface area (TPSA) is 12.0 Å². The lowest BCUT2D eigenvalue weighted by atomic mass is 9.56. The smallest absolute Gasteiger partial charge is 0.00546 e. The van der Waals surface area contributed by atoms with E-state index in [-0.39, 0.29) is 0 Å². The zero-order chi connectivity index (χ0) is 24.0. The molecule has 1 heteroatoms. The van der Waals surface area contributed by atoms with Crippen molar-refractivity contribution in [2.45, 2.75) is 133 Å². The van der Waals surface area contributed by atoms with Gasteiger partial charge in [0.25, 0.3) is 0 Å². The van der Waals surface area contributed by atoms with E-state index < -0.39 is 0 Å². The third kappa shape index (κ3) is 12.3. The number of allylic oxidation sites excluding steroid dienone is 3. The van der Waals surface area contributed by atoms with Crippen molar-refractivity contribution in [2.75, 3.05) is 13.6 Å². The van der Waals surface area contributed by atoms with E-state index in [4.69, 9.17) is 0 Å². The van der Waals surface area contributed by atoms with E-state index in [2.05, 4.69) is 45.7 Å². The summed E-state index contributed by atoms with van der Waals surface area (Å²) in [5.41, 5.74) is 3.63. The molecule has 0 aliphatic heterocycles. The first kappa shape index (κ1) is 34.1. The van der Waals surface area contributed by atoms with Gasteiger partial charge in [-0.1, -0.05) is 94.2 Å². The summed E-state index contributed by atoms with van der Waals surface area (Å²) in [6.07, 6.45) is 16.2. The summed E-state index contributed by atoms with van der Waals surface area (Å²) in [6, 6.07) is 0. The van der Waals surface area contributed by atoms with Gasteiger partial charge in [0.05, 0.1) is 0 Å². The van der Waals surface area contributed by atoms with E-state index in [1.807, 2.05) is 48.6 Å². The molecule has 2 aliphatic carbocycles. The second-order valence-electron chi connectivity index (χ2n) is 8.10. The lowest BCUT2D eigenvalue weighted by Gasteiger charge is -2.49. The summed E-state index contributed by atoms with van der Waals surface area (Å²) in [5.74, 6) is 1.70. The van der Waals surface area contributed by atoms with Gasteiger partial charge in [-0.05, 0) is 93.9 Å². The van der Waals surface area contributed by atoms with E-state index in [1.165, 1.54) is 68.9 Å². The van der Waals surface area contributed by atoms with Crippen LogP contribution < -0.4 is 5.32 Å². The van der Waals surface area contributed by atoms with Crippen LogP contribution in [0.25, 0.3) is 0 Å². The van der Waals surface area contributed by atoms with Gasteiger partial charge in [-0.3, -0.25) is 0 Å². The monoisotopic (exact) mass is 423 g/mol. The summed E-state index contributed by atoms with van der Waals surface area (Å²) in [5, 5.41) is 3.02. The highest BCUT2D eigenvalue weighted by molar-refractivity contribution is 5.30. The van der Waals surface area contributed by atoms with Crippen molar-refractivity contribution in [2.24, 2.45) is 17.3 Å². The van der Waals surface area contributed by atoms with Crippen LogP contribution in [0.5, 0.6) is 0 Å². The second kappa shape index (κ2) is 23.1. The van der Waals surface area contributed by atoms with Gasteiger partial charge in [-0.25, -0.2) is 0 Å². The van der Waals surface area contributed by atoms with Crippen LogP contribution in [-0.4, -0.2) is 13.6 Å². The molecular formula is C29H61N. The zero-order valence-electron chi connectivity index (χ0n) is 23.2. The minimum absolute atomic E-state index is 0.663. The molecule has 0 bridgehead atoms. The van der Waals surface area contributed by atoms with Crippen LogP contribution in [0.15, 0.2) is 23.8 Å². The molecule has 0 aromatic heterocycles. The molecule has 30 heavy (non-hydrogen) atoms. The van der Waals surface area contributed by atoms with Gasteiger partial charge in [0.1, 0.15) is 0 Å². The Morgan fingerprint density at radius 1 is 0.967 bits per heavy atom. The zero-order valence-corrected chi connectivity index (χ0v) is 23.2. The van der Waals surface area contributed by atoms with Gasteiger partial charge < -0.3 is 5.32 Å². The molecule has 0 radical (unpaired) electrons. The van der Waals surface area contributed by atoms with Crippen LogP contribution in [0.1, 0.15) is 133 Å². The van der Waals surface area contributed by atoms with E-state index in [9.17, 15) is 0 Å². The van der Waals surface area contributed by atoms with Crippen LogP contribution in [0.4, 0.5) is 0 Å². The molecule has 0 aromatic rings. The molecule has 2 saturated carbocycles. The highest BCUT2D eigenvalue weighted by Gasteiger charge is 2.42. The molecule has 0 heterocycles. The highest BCUT2D eigenvalue weighted by Crippen LogP contribution is 2.54. The predicted molar refractivity (Wildman–Crippen MR) is 143 cm³/mol. The molecule has 2 rings (SSSR count). The maximum Gasteiger partial charge on any atom is -0.00546 e. The Balaban J connectivity index is -0.000000563. The molecular weight excluding hydrogens is 362 g/mol. The molecule has 0 amide bonds. The Kier molecular flexibility index (Phi) is 26.2. The average molecular weight is 424 g/mol. The summed E-state index contributed by atoms with van der Waals surface area (Å²) in [7, 11) is 1.96. The Labute approximate surface area is 193 Å². The average Bonchev–Trinajstić information content (AvgIpc) is 2.82. The fraction of sp³-hybridized carbons (Fsp3) is 0.862. The molecule has 2 aliphatic rings. The van der Waals surface area contributed by atoms with Crippen LogP contribution >= 0.6 is 0 Å².